The summed E-state index contributed by atoms with van der Waals surface area (Å²) in [6, 6.07) is 6.90. The summed E-state index contributed by atoms with van der Waals surface area (Å²) in [6.07, 6.45) is 0.550. The summed E-state index contributed by atoms with van der Waals surface area (Å²) in [6.45, 7) is 0. The molecule has 0 spiro atoms. The fraction of sp³-hybridized carbons (Fsp3) is 0.444. The average molecular weight is 366 g/mol. The first-order valence-corrected chi connectivity index (χ1v) is 8.56. The molecule has 5 nitrogen and oxygen atoms in total. The molecular weight excluding hydrogens is 345 g/mol. The van der Waals surface area contributed by atoms with Crippen LogP contribution in [0.25, 0.3) is 0 Å². The first-order valence-electron chi connectivity index (χ1n) is 8.56. The zero-order valence-electron chi connectivity index (χ0n) is 14.4. The van der Waals surface area contributed by atoms with E-state index < -0.39 is 23.9 Å². The van der Waals surface area contributed by atoms with Crippen LogP contribution in [-0.2, 0) is 11.8 Å². The third-order valence-electron chi connectivity index (χ3n) is 4.65. The van der Waals surface area contributed by atoms with Crippen LogP contribution >= 0.6 is 0 Å². The maximum atomic E-state index is 13.2. The van der Waals surface area contributed by atoms with Crippen molar-refractivity contribution in [2.75, 3.05) is 10.6 Å². The third kappa shape index (κ3) is 4.36. The summed E-state index contributed by atoms with van der Waals surface area (Å²) in [5, 5.41) is 9.84. The second kappa shape index (κ2) is 7.39. The number of anilines is 3. The topological polar surface area (TPSA) is 59.0 Å². The van der Waals surface area contributed by atoms with Gasteiger partial charge in [-0.1, -0.05) is 18.9 Å². The normalized spacial score (nSPS) is 20.6. The molecule has 1 aromatic carbocycles. The molecule has 0 saturated heterocycles. The van der Waals surface area contributed by atoms with Gasteiger partial charge >= 0.3 is 6.18 Å². The maximum Gasteiger partial charge on any atom is 0.392 e. The molecule has 2 atom stereocenters. The van der Waals surface area contributed by atoms with Crippen LogP contribution in [-0.4, -0.2) is 21.9 Å². The predicted molar refractivity (Wildman–Crippen MR) is 93.1 cm³/mol. The van der Waals surface area contributed by atoms with Gasteiger partial charge in [0.25, 0.3) is 0 Å². The molecule has 0 unspecified atom stereocenters. The van der Waals surface area contributed by atoms with Gasteiger partial charge in [-0.25, -0.2) is 0 Å². The highest BCUT2D eigenvalue weighted by Crippen LogP contribution is 2.41. The summed E-state index contributed by atoms with van der Waals surface area (Å²) in [5.74, 6) is -3.16. The molecule has 3 rings (SSSR count). The Morgan fingerprint density at radius 3 is 2.62 bits per heavy atom. The summed E-state index contributed by atoms with van der Waals surface area (Å²) in [7, 11) is 1.79. The smallest absolute Gasteiger partial charge is 0.353 e. The van der Waals surface area contributed by atoms with E-state index in [0.29, 0.717) is 24.2 Å². The van der Waals surface area contributed by atoms with E-state index in [1.807, 2.05) is 6.07 Å². The lowest BCUT2D eigenvalue weighted by atomic mass is 9.78. The van der Waals surface area contributed by atoms with Gasteiger partial charge in [-0.15, -0.1) is 0 Å². The number of benzene rings is 1. The minimum Gasteiger partial charge on any atom is -0.353 e. The first kappa shape index (κ1) is 18.3. The monoisotopic (exact) mass is 366 g/mol. The van der Waals surface area contributed by atoms with Crippen molar-refractivity contribution in [1.82, 2.24) is 9.78 Å². The summed E-state index contributed by atoms with van der Waals surface area (Å²) in [5.41, 5.74) is 1.96. The quantitative estimate of drug-likeness (QED) is 0.839. The number of amides is 1. The molecule has 0 bridgehead atoms. The maximum absolute atomic E-state index is 13.2. The molecule has 1 aromatic heterocycles. The largest absolute Gasteiger partial charge is 0.392 e. The Morgan fingerprint density at radius 1 is 1.19 bits per heavy atom. The zero-order valence-corrected chi connectivity index (χ0v) is 14.4. The highest BCUT2D eigenvalue weighted by atomic mass is 19.4. The first-order chi connectivity index (χ1) is 12.3. The molecule has 2 N–H and O–H groups in total. The molecule has 0 radical (unpaired) electrons. The van der Waals surface area contributed by atoms with Crippen LogP contribution in [0.1, 0.15) is 25.7 Å². The standard InChI is InChI=1S/C18H21F3N4O/c1-25-11-14(10-22-25)23-12-5-4-6-13(9-12)24-17(26)15-7-2-3-8-16(15)18(19,20)21/h4-6,9-11,15-16,23H,2-3,7-8H2,1H3,(H,24,26)/t15-,16-/m1/s1. The van der Waals surface area contributed by atoms with Crippen LogP contribution in [0.4, 0.5) is 30.2 Å². The van der Waals surface area contributed by atoms with Crippen LogP contribution in [0.15, 0.2) is 36.7 Å². The van der Waals surface area contributed by atoms with Gasteiger partial charge in [0.1, 0.15) is 0 Å². The minimum absolute atomic E-state index is 0.0180. The SMILES string of the molecule is Cn1cc(Nc2cccc(NC(=O)[C@@H]3CCCC[C@H]3C(F)(F)F)c2)cn1. The van der Waals surface area contributed by atoms with E-state index in [4.69, 9.17) is 0 Å². The third-order valence-corrected chi connectivity index (χ3v) is 4.65. The molecular formula is C18H21F3N4O. The van der Waals surface area contributed by atoms with Gasteiger partial charge in [0.05, 0.1) is 17.8 Å². The van der Waals surface area contributed by atoms with Gasteiger partial charge in [0.2, 0.25) is 5.91 Å². The molecule has 1 fully saturated rings. The number of carbonyl (C=O) groups is 1. The van der Waals surface area contributed by atoms with Gasteiger partial charge in [-0.05, 0) is 31.0 Å². The highest BCUT2D eigenvalue weighted by Gasteiger charge is 2.48. The zero-order chi connectivity index (χ0) is 18.7. The fourth-order valence-electron chi connectivity index (χ4n) is 3.40. The van der Waals surface area contributed by atoms with Crippen LogP contribution in [0.3, 0.4) is 0 Å². The number of carbonyl (C=O) groups excluding carboxylic acids is 1. The van der Waals surface area contributed by atoms with Gasteiger partial charge in [-0.2, -0.15) is 18.3 Å². The minimum atomic E-state index is -4.34. The molecule has 1 aliphatic carbocycles. The summed E-state index contributed by atoms with van der Waals surface area (Å²) < 4.78 is 41.3. The van der Waals surface area contributed by atoms with Gasteiger partial charge in [0, 0.05) is 30.5 Å². The lowest BCUT2D eigenvalue weighted by molar-refractivity contribution is -0.197. The van der Waals surface area contributed by atoms with Crippen molar-refractivity contribution in [1.29, 1.82) is 0 Å². The highest BCUT2D eigenvalue weighted by molar-refractivity contribution is 5.93. The Hall–Kier alpha value is -2.51. The number of hydrogen-bond acceptors (Lipinski definition) is 3. The number of nitrogens with one attached hydrogen (secondary N) is 2. The Balaban J connectivity index is 1.69. The predicted octanol–water partition coefficient (Wildman–Crippen LogP) is 4.47. The van der Waals surface area contributed by atoms with E-state index in [2.05, 4.69) is 15.7 Å². The Morgan fingerprint density at radius 2 is 1.92 bits per heavy atom. The second-order valence-corrected chi connectivity index (χ2v) is 6.64. The van der Waals surface area contributed by atoms with Crippen molar-refractivity contribution < 1.29 is 18.0 Å². The van der Waals surface area contributed by atoms with Crippen LogP contribution < -0.4 is 10.6 Å². The van der Waals surface area contributed by atoms with E-state index in [-0.39, 0.29) is 12.8 Å². The molecule has 1 saturated carbocycles. The lowest BCUT2D eigenvalue weighted by Crippen LogP contribution is -2.39. The van der Waals surface area contributed by atoms with E-state index in [9.17, 15) is 18.0 Å². The van der Waals surface area contributed by atoms with Crippen molar-refractivity contribution in [3.63, 3.8) is 0 Å². The molecule has 140 valence electrons. The van der Waals surface area contributed by atoms with E-state index >= 15 is 0 Å². The van der Waals surface area contributed by atoms with Crippen LogP contribution in [0.2, 0.25) is 0 Å². The number of rotatable bonds is 4. The Kier molecular flexibility index (Phi) is 5.20. The number of nitrogens with zero attached hydrogens (tertiary/aromatic N) is 2. The summed E-state index contributed by atoms with van der Waals surface area (Å²) in [4.78, 5) is 12.5. The molecule has 1 amide bonds. The molecule has 1 heterocycles. The van der Waals surface area contributed by atoms with Gasteiger partial charge in [0.15, 0.2) is 0 Å². The molecule has 8 heteroatoms. The number of halogens is 3. The van der Waals surface area contributed by atoms with E-state index in [1.165, 1.54) is 0 Å². The fourth-order valence-corrected chi connectivity index (χ4v) is 3.40. The van der Waals surface area contributed by atoms with E-state index in [0.717, 1.165) is 5.69 Å². The molecule has 2 aromatic rings. The van der Waals surface area contributed by atoms with Crippen molar-refractivity contribution in [3.05, 3.63) is 36.7 Å². The number of hydrogen-bond donors (Lipinski definition) is 2. The number of alkyl halides is 3. The van der Waals surface area contributed by atoms with Crippen molar-refractivity contribution in [2.45, 2.75) is 31.9 Å². The summed E-state index contributed by atoms with van der Waals surface area (Å²) >= 11 is 0. The number of aromatic nitrogens is 2. The van der Waals surface area contributed by atoms with Gasteiger partial charge < -0.3 is 10.6 Å². The van der Waals surface area contributed by atoms with Crippen molar-refractivity contribution in [3.8, 4) is 0 Å². The lowest BCUT2D eigenvalue weighted by Gasteiger charge is -2.32. The van der Waals surface area contributed by atoms with Crippen molar-refractivity contribution >= 4 is 23.0 Å². The van der Waals surface area contributed by atoms with Crippen molar-refractivity contribution in [2.24, 2.45) is 18.9 Å². The molecule has 0 aliphatic heterocycles. The Bertz CT molecular complexity index is 772. The Labute approximate surface area is 149 Å². The molecule has 26 heavy (non-hydrogen) atoms. The van der Waals surface area contributed by atoms with Crippen LogP contribution in [0.5, 0.6) is 0 Å². The van der Waals surface area contributed by atoms with Gasteiger partial charge in [-0.3, -0.25) is 9.48 Å². The number of aryl methyl sites for hydroxylation is 1. The average Bonchev–Trinajstić information content (AvgIpc) is 2.99. The van der Waals surface area contributed by atoms with E-state index in [1.54, 1.807) is 42.3 Å². The molecule has 1 aliphatic rings. The van der Waals surface area contributed by atoms with Crippen LogP contribution in [0, 0.1) is 11.8 Å². The second-order valence-electron chi connectivity index (χ2n) is 6.64.